The van der Waals surface area contributed by atoms with Gasteiger partial charge in [-0.05, 0) is 43.3 Å². The highest BCUT2D eigenvalue weighted by Crippen LogP contribution is 2.49. The van der Waals surface area contributed by atoms with Gasteiger partial charge in [-0.1, -0.05) is 0 Å². The standard InChI is InChI=1S/C9H10N2S/c10-4-8-2-7-1-6(8)3-9(7)11-5-12/h6-9H,1-3H2/t6?,7?,8-,9+/m1/s1. The van der Waals surface area contributed by atoms with Gasteiger partial charge in [-0.3, -0.25) is 0 Å². The molecule has 2 nitrogen and oxygen atoms in total. The summed E-state index contributed by atoms with van der Waals surface area (Å²) in [6.07, 6.45) is 3.28. The Labute approximate surface area is 77.3 Å². The molecule has 2 saturated carbocycles. The van der Waals surface area contributed by atoms with E-state index < -0.39 is 0 Å². The van der Waals surface area contributed by atoms with Gasteiger partial charge in [0.1, 0.15) is 0 Å². The third kappa shape index (κ3) is 1.08. The van der Waals surface area contributed by atoms with Crippen LogP contribution in [0.5, 0.6) is 0 Å². The molecule has 0 spiro atoms. The fraction of sp³-hybridized carbons (Fsp3) is 0.778. The Morgan fingerprint density at radius 2 is 2.08 bits per heavy atom. The molecule has 0 N–H and O–H groups in total. The van der Waals surface area contributed by atoms with Crippen LogP contribution < -0.4 is 0 Å². The summed E-state index contributed by atoms with van der Waals surface area (Å²) in [6.45, 7) is 0. The van der Waals surface area contributed by atoms with Crippen molar-refractivity contribution in [2.24, 2.45) is 22.7 Å². The number of aliphatic imine (C=N–C) groups is 1. The smallest absolute Gasteiger partial charge is 0.0658 e. The van der Waals surface area contributed by atoms with Crippen molar-refractivity contribution in [2.75, 3.05) is 0 Å². The lowest BCUT2D eigenvalue weighted by Crippen LogP contribution is -2.19. The van der Waals surface area contributed by atoms with Crippen LogP contribution in [-0.2, 0) is 0 Å². The van der Waals surface area contributed by atoms with E-state index in [1.807, 2.05) is 0 Å². The van der Waals surface area contributed by atoms with Crippen molar-refractivity contribution in [3.05, 3.63) is 0 Å². The molecular formula is C9H10N2S. The van der Waals surface area contributed by atoms with E-state index in [0.29, 0.717) is 23.8 Å². The number of thiocarbonyl (C=S) groups is 1. The molecule has 0 aromatic rings. The van der Waals surface area contributed by atoms with Crippen LogP contribution in [0.4, 0.5) is 0 Å². The first-order valence-electron chi connectivity index (χ1n) is 4.31. The number of nitriles is 1. The van der Waals surface area contributed by atoms with Crippen LogP contribution in [0.25, 0.3) is 0 Å². The van der Waals surface area contributed by atoms with Crippen LogP contribution in [-0.4, -0.2) is 11.2 Å². The van der Waals surface area contributed by atoms with Gasteiger partial charge in [0.25, 0.3) is 0 Å². The molecule has 12 heavy (non-hydrogen) atoms. The Balaban J connectivity index is 2.08. The quantitative estimate of drug-likeness (QED) is 0.455. The summed E-state index contributed by atoms with van der Waals surface area (Å²) in [5, 5.41) is 11.2. The summed E-state index contributed by atoms with van der Waals surface area (Å²) in [4.78, 5) is 4.13. The average Bonchev–Trinajstić information content (AvgIpc) is 2.62. The predicted octanol–water partition coefficient (Wildman–Crippen LogP) is 2.03. The van der Waals surface area contributed by atoms with Crippen LogP contribution in [0.3, 0.4) is 0 Å². The molecule has 2 aliphatic carbocycles. The molecule has 0 aromatic carbocycles. The van der Waals surface area contributed by atoms with Crippen molar-refractivity contribution in [1.82, 2.24) is 0 Å². The van der Waals surface area contributed by atoms with Gasteiger partial charge >= 0.3 is 0 Å². The van der Waals surface area contributed by atoms with E-state index in [1.165, 1.54) is 6.42 Å². The highest BCUT2D eigenvalue weighted by atomic mass is 32.1. The van der Waals surface area contributed by atoms with Crippen molar-refractivity contribution in [1.29, 1.82) is 5.26 Å². The van der Waals surface area contributed by atoms with Crippen LogP contribution in [0.2, 0.25) is 0 Å². The van der Waals surface area contributed by atoms with E-state index in [1.54, 1.807) is 0 Å². The summed E-state index contributed by atoms with van der Waals surface area (Å²) >= 11 is 4.58. The molecule has 62 valence electrons. The van der Waals surface area contributed by atoms with Crippen LogP contribution in [0.1, 0.15) is 19.3 Å². The van der Waals surface area contributed by atoms with Gasteiger partial charge < -0.3 is 0 Å². The second-order valence-corrected chi connectivity index (χ2v) is 3.93. The molecule has 0 radical (unpaired) electrons. The van der Waals surface area contributed by atoms with Gasteiger partial charge in [-0.15, -0.1) is 0 Å². The molecule has 0 amide bonds. The van der Waals surface area contributed by atoms with E-state index in [9.17, 15) is 0 Å². The lowest BCUT2D eigenvalue weighted by Gasteiger charge is -2.19. The first kappa shape index (κ1) is 7.91. The van der Waals surface area contributed by atoms with Crippen molar-refractivity contribution >= 4 is 17.4 Å². The van der Waals surface area contributed by atoms with E-state index in [-0.39, 0.29) is 0 Å². The van der Waals surface area contributed by atoms with Gasteiger partial charge in [0.15, 0.2) is 0 Å². The van der Waals surface area contributed by atoms with E-state index in [4.69, 9.17) is 5.26 Å². The monoisotopic (exact) mass is 178 g/mol. The number of isothiocyanates is 1. The minimum absolute atomic E-state index is 0.298. The lowest BCUT2D eigenvalue weighted by molar-refractivity contribution is 0.363. The number of nitrogens with zero attached hydrogens (tertiary/aromatic N) is 2. The zero-order chi connectivity index (χ0) is 8.55. The lowest BCUT2D eigenvalue weighted by atomic mass is 9.87. The molecule has 0 aliphatic heterocycles. The highest BCUT2D eigenvalue weighted by Gasteiger charge is 2.45. The van der Waals surface area contributed by atoms with Crippen LogP contribution in [0.15, 0.2) is 4.99 Å². The normalized spacial score (nSPS) is 43.6. The maximum atomic E-state index is 8.79. The Morgan fingerprint density at radius 3 is 2.58 bits per heavy atom. The van der Waals surface area contributed by atoms with E-state index in [2.05, 4.69) is 28.4 Å². The number of rotatable bonds is 1. The second kappa shape index (κ2) is 2.97. The largest absolute Gasteiger partial charge is 0.229 e. The van der Waals surface area contributed by atoms with E-state index in [0.717, 1.165) is 12.8 Å². The average molecular weight is 178 g/mol. The van der Waals surface area contributed by atoms with Crippen molar-refractivity contribution in [2.45, 2.75) is 25.3 Å². The Morgan fingerprint density at radius 1 is 1.25 bits per heavy atom. The predicted molar refractivity (Wildman–Crippen MR) is 48.7 cm³/mol. The topological polar surface area (TPSA) is 36.1 Å². The van der Waals surface area contributed by atoms with Crippen molar-refractivity contribution < 1.29 is 0 Å². The SMILES string of the molecule is N#C[C@H]1CC2CC1C[C@@H]2N=C=S. The van der Waals surface area contributed by atoms with Gasteiger partial charge in [0, 0.05) is 5.92 Å². The Bertz CT molecular complexity index is 275. The molecule has 0 heterocycles. The maximum Gasteiger partial charge on any atom is 0.0658 e. The van der Waals surface area contributed by atoms with Gasteiger partial charge in [-0.25, -0.2) is 4.99 Å². The number of hydrogen-bond donors (Lipinski definition) is 0. The van der Waals surface area contributed by atoms with Gasteiger partial charge in [0.05, 0.1) is 17.3 Å². The molecule has 0 saturated heterocycles. The third-order valence-corrected chi connectivity index (χ3v) is 3.31. The summed E-state index contributed by atoms with van der Waals surface area (Å²) in [5.74, 6) is 1.51. The molecule has 2 fully saturated rings. The summed E-state index contributed by atoms with van der Waals surface area (Å²) in [6, 6.07) is 2.76. The highest BCUT2D eigenvalue weighted by molar-refractivity contribution is 7.78. The first-order valence-corrected chi connectivity index (χ1v) is 4.72. The van der Waals surface area contributed by atoms with Gasteiger partial charge in [-0.2, -0.15) is 5.26 Å². The molecule has 2 aliphatic rings. The van der Waals surface area contributed by atoms with Gasteiger partial charge in [0.2, 0.25) is 0 Å². The molecule has 0 aromatic heterocycles. The molecule has 4 atom stereocenters. The summed E-state index contributed by atoms with van der Waals surface area (Å²) in [5.41, 5.74) is 0. The minimum Gasteiger partial charge on any atom is -0.229 e. The number of hydrogen-bond acceptors (Lipinski definition) is 3. The minimum atomic E-state index is 0.298. The fourth-order valence-electron chi connectivity index (χ4n) is 2.63. The van der Waals surface area contributed by atoms with E-state index >= 15 is 0 Å². The maximum absolute atomic E-state index is 8.79. The summed E-state index contributed by atoms with van der Waals surface area (Å²) in [7, 11) is 0. The second-order valence-electron chi connectivity index (χ2n) is 3.75. The Kier molecular flexibility index (Phi) is 1.96. The molecule has 2 rings (SSSR count). The Hall–Kier alpha value is -0.710. The van der Waals surface area contributed by atoms with Crippen LogP contribution in [0, 0.1) is 29.1 Å². The van der Waals surface area contributed by atoms with Crippen molar-refractivity contribution in [3.63, 3.8) is 0 Å². The molecular weight excluding hydrogens is 168 g/mol. The number of fused-ring (bicyclic) bond motifs is 2. The van der Waals surface area contributed by atoms with Crippen molar-refractivity contribution in [3.8, 4) is 6.07 Å². The molecule has 2 unspecified atom stereocenters. The summed E-state index contributed by atoms with van der Waals surface area (Å²) < 4.78 is 0. The zero-order valence-electron chi connectivity index (χ0n) is 6.73. The first-order chi connectivity index (χ1) is 5.85. The molecule has 3 heteroatoms. The third-order valence-electron chi connectivity index (χ3n) is 3.20. The van der Waals surface area contributed by atoms with Crippen LogP contribution >= 0.6 is 12.2 Å². The fourth-order valence-corrected chi connectivity index (χ4v) is 2.76. The molecule has 2 bridgehead atoms. The zero-order valence-corrected chi connectivity index (χ0v) is 7.55.